The largest absolute Gasteiger partial charge is 0.467 e. The number of carbonyl (C=O) groups is 2. The lowest BCUT2D eigenvalue weighted by atomic mass is 10.2. The molecule has 0 saturated heterocycles. The SMILES string of the molecule is COC(=O)C(O)CNC(=O)Nc1ccc(C)c(Cl)c1. The van der Waals surface area contributed by atoms with Crippen molar-refractivity contribution >= 4 is 29.3 Å². The highest BCUT2D eigenvalue weighted by atomic mass is 35.5. The Morgan fingerprint density at radius 2 is 2.16 bits per heavy atom. The summed E-state index contributed by atoms with van der Waals surface area (Å²) in [5.41, 5.74) is 1.41. The molecule has 1 unspecified atom stereocenters. The van der Waals surface area contributed by atoms with Gasteiger partial charge in [-0.2, -0.15) is 0 Å². The summed E-state index contributed by atoms with van der Waals surface area (Å²) >= 11 is 5.91. The third kappa shape index (κ3) is 4.76. The number of esters is 1. The number of anilines is 1. The number of aryl methyl sites for hydroxylation is 1. The molecular weight excluding hydrogens is 272 g/mol. The molecule has 7 heteroatoms. The van der Waals surface area contributed by atoms with E-state index in [9.17, 15) is 14.7 Å². The van der Waals surface area contributed by atoms with Crippen LogP contribution in [0.25, 0.3) is 0 Å². The number of urea groups is 1. The van der Waals surface area contributed by atoms with E-state index in [1.807, 2.05) is 6.92 Å². The number of aliphatic hydroxyl groups excluding tert-OH is 1. The van der Waals surface area contributed by atoms with Gasteiger partial charge < -0.3 is 20.5 Å². The molecule has 0 aromatic heterocycles. The number of benzene rings is 1. The summed E-state index contributed by atoms with van der Waals surface area (Å²) in [4.78, 5) is 22.4. The zero-order chi connectivity index (χ0) is 14.4. The first kappa shape index (κ1) is 15.3. The predicted octanol–water partition coefficient (Wildman–Crippen LogP) is 1.30. The lowest BCUT2D eigenvalue weighted by Crippen LogP contribution is -2.39. The Hall–Kier alpha value is -1.79. The Balaban J connectivity index is 2.47. The van der Waals surface area contributed by atoms with Crippen LogP contribution in [0, 0.1) is 6.92 Å². The van der Waals surface area contributed by atoms with Crippen molar-refractivity contribution in [2.75, 3.05) is 19.0 Å². The predicted molar refractivity (Wildman–Crippen MR) is 71.2 cm³/mol. The van der Waals surface area contributed by atoms with Crippen LogP contribution in [-0.4, -0.2) is 36.9 Å². The average molecular weight is 287 g/mol. The molecule has 0 spiro atoms. The van der Waals surface area contributed by atoms with Gasteiger partial charge in [0.2, 0.25) is 0 Å². The first-order valence-electron chi connectivity index (χ1n) is 5.51. The van der Waals surface area contributed by atoms with Crippen LogP contribution < -0.4 is 10.6 Å². The zero-order valence-corrected chi connectivity index (χ0v) is 11.3. The number of nitrogens with one attached hydrogen (secondary N) is 2. The topological polar surface area (TPSA) is 87.7 Å². The highest BCUT2D eigenvalue weighted by Gasteiger charge is 2.16. The first-order valence-corrected chi connectivity index (χ1v) is 5.88. The van der Waals surface area contributed by atoms with Gasteiger partial charge in [0.15, 0.2) is 6.10 Å². The molecule has 0 bridgehead atoms. The van der Waals surface area contributed by atoms with Crippen LogP contribution in [0.5, 0.6) is 0 Å². The average Bonchev–Trinajstić information content (AvgIpc) is 2.39. The van der Waals surface area contributed by atoms with Gasteiger partial charge in [-0.25, -0.2) is 9.59 Å². The van der Waals surface area contributed by atoms with Gasteiger partial charge >= 0.3 is 12.0 Å². The second kappa shape index (κ2) is 6.96. The van der Waals surface area contributed by atoms with E-state index in [4.69, 9.17) is 11.6 Å². The molecular formula is C12H15ClN2O4. The van der Waals surface area contributed by atoms with Gasteiger partial charge in [0, 0.05) is 10.7 Å². The summed E-state index contributed by atoms with van der Waals surface area (Å²) in [6, 6.07) is 4.51. The Morgan fingerprint density at radius 3 is 2.74 bits per heavy atom. The molecule has 0 saturated carbocycles. The van der Waals surface area contributed by atoms with E-state index in [0.717, 1.165) is 12.7 Å². The van der Waals surface area contributed by atoms with Crippen molar-refractivity contribution in [3.63, 3.8) is 0 Å². The smallest absolute Gasteiger partial charge is 0.336 e. The van der Waals surface area contributed by atoms with Crippen LogP contribution in [0.15, 0.2) is 18.2 Å². The summed E-state index contributed by atoms with van der Waals surface area (Å²) in [6.07, 6.45) is -1.39. The Bertz CT molecular complexity index is 479. The molecule has 0 aliphatic carbocycles. The standard InChI is InChI=1S/C12H15ClN2O4/c1-7-3-4-8(5-9(7)13)15-12(18)14-6-10(16)11(17)19-2/h3-5,10,16H,6H2,1-2H3,(H2,14,15,18). The van der Waals surface area contributed by atoms with Gasteiger partial charge in [0.1, 0.15) is 0 Å². The van der Waals surface area contributed by atoms with Gasteiger partial charge in [0.25, 0.3) is 0 Å². The van der Waals surface area contributed by atoms with E-state index in [-0.39, 0.29) is 6.54 Å². The summed E-state index contributed by atoms with van der Waals surface area (Å²) in [5, 5.41) is 14.7. The van der Waals surface area contributed by atoms with Crippen LogP contribution >= 0.6 is 11.6 Å². The van der Waals surface area contributed by atoms with E-state index >= 15 is 0 Å². The number of methoxy groups -OCH3 is 1. The van der Waals surface area contributed by atoms with Crippen LogP contribution in [0.2, 0.25) is 5.02 Å². The van der Waals surface area contributed by atoms with Crippen molar-refractivity contribution < 1.29 is 19.4 Å². The highest BCUT2D eigenvalue weighted by Crippen LogP contribution is 2.19. The molecule has 19 heavy (non-hydrogen) atoms. The lowest BCUT2D eigenvalue weighted by Gasteiger charge is -2.11. The lowest BCUT2D eigenvalue weighted by molar-refractivity contribution is -0.149. The fraction of sp³-hybridized carbons (Fsp3) is 0.333. The molecule has 0 radical (unpaired) electrons. The van der Waals surface area contributed by atoms with E-state index in [1.54, 1.807) is 18.2 Å². The second-order valence-corrected chi connectivity index (χ2v) is 4.25. The van der Waals surface area contributed by atoms with Gasteiger partial charge in [-0.3, -0.25) is 0 Å². The highest BCUT2D eigenvalue weighted by molar-refractivity contribution is 6.31. The minimum absolute atomic E-state index is 0.238. The summed E-state index contributed by atoms with van der Waals surface area (Å²) in [7, 11) is 1.15. The molecule has 1 atom stereocenters. The maximum atomic E-state index is 11.5. The van der Waals surface area contributed by atoms with Gasteiger partial charge in [0.05, 0.1) is 13.7 Å². The molecule has 0 aliphatic heterocycles. The number of amides is 2. The maximum Gasteiger partial charge on any atom is 0.336 e. The number of carbonyl (C=O) groups excluding carboxylic acids is 2. The number of aliphatic hydroxyl groups is 1. The van der Waals surface area contributed by atoms with E-state index in [2.05, 4.69) is 15.4 Å². The molecule has 1 aromatic rings. The number of hydrogen-bond donors (Lipinski definition) is 3. The van der Waals surface area contributed by atoms with Crippen molar-refractivity contribution in [2.45, 2.75) is 13.0 Å². The van der Waals surface area contributed by atoms with Crippen LogP contribution in [0.3, 0.4) is 0 Å². The summed E-state index contributed by atoms with van der Waals surface area (Å²) in [6.45, 7) is 1.61. The van der Waals surface area contributed by atoms with Crippen LogP contribution in [-0.2, 0) is 9.53 Å². The molecule has 3 N–H and O–H groups in total. The second-order valence-electron chi connectivity index (χ2n) is 3.84. The number of halogens is 1. The maximum absolute atomic E-state index is 11.5. The van der Waals surface area contributed by atoms with Crippen molar-refractivity contribution in [3.05, 3.63) is 28.8 Å². The van der Waals surface area contributed by atoms with Crippen molar-refractivity contribution in [1.29, 1.82) is 0 Å². The minimum Gasteiger partial charge on any atom is -0.467 e. The minimum atomic E-state index is -1.39. The fourth-order valence-electron chi connectivity index (χ4n) is 1.25. The molecule has 0 aliphatic rings. The quantitative estimate of drug-likeness (QED) is 0.728. The zero-order valence-electron chi connectivity index (χ0n) is 10.6. The normalized spacial score (nSPS) is 11.6. The third-order valence-corrected chi connectivity index (χ3v) is 2.77. The van der Waals surface area contributed by atoms with Crippen LogP contribution in [0.4, 0.5) is 10.5 Å². The molecule has 1 rings (SSSR count). The Kier molecular flexibility index (Phi) is 5.59. The van der Waals surface area contributed by atoms with E-state index < -0.39 is 18.1 Å². The van der Waals surface area contributed by atoms with Crippen molar-refractivity contribution in [1.82, 2.24) is 5.32 Å². The van der Waals surface area contributed by atoms with E-state index in [0.29, 0.717) is 10.7 Å². The van der Waals surface area contributed by atoms with Crippen molar-refractivity contribution in [2.24, 2.45) is 0 Å². The third-order valence-electron chi connectivity index (χ3n) is 2.36. The van der Waals surface area contributed by atoms with Gasteiger partial charge in [-0.1, -0.05) is 17.7 Å². The fourth-order valence-corrected chi connectivity index (χ4v) is 1.44. The molecule has 6 nitrogen and oxygen atoms in total. The molecule has 1 aromatic carbocycles. The molecule has 2 amide bonds. The monoisotopic (exact) mass is 286 g/mol. The van der Waals surface area contributed by atoms with Gasteiger partial charge in [-0.15, -0.1) is 0 Å². The van der Waals surface area contributed by atoms with E-state index in [1.165, 1.54) is 0 Å². The summed E-state index contributed by atoms with van der Waals surface area (Å²) < 4.78 is 4.31. The number of rotatable bonds is 4. The first-order chi connectivity index (χ1) is 8.93. The Morgan fingerprint density at radius 1 is 1.47 bits per heavy atom. The summed E-state index contributed by atoms with van der Waals surface area (Å²) in [5.74, 6) is -0.807. The Labute approximate surface area is 115 Å². The van der Waals surface area contributed by atoms with Gasteiger partial charge in [-0.05, 0) is 24.6 Å². The molecule has 0 heterocycles. The van der Waals surface area contributed by atoms with Crippen LogP contribution in [0.1, 0.15) is 5.56 Å². The molecule has 0 fully saturated rings. The van der Waals surface area contributed by atoms with Crippen molar-refractivity contribution in [3.8, 4) is 0 Å². The number of ether oxygens (including phenoxy) is 1. The number of hydrogen-bond acceptors (Lipinski definition) is 4. The molecule has 104 valence electrons.